The van der Waals surface area contributed by atoms with Crippen molar-refractivity contribution < 1.29 is 4.74 Å². The highest BCUT2D eigenvalue weighted by Gasteiger charge is 2.29. The summed E-state index contributed by atoms with van der Waals surface area (Å²) in [5, 5.41) is 0. The number of ether oxygens (including phenoxy) is 1. The Kier molecular flexibility index (Phi) is 2.91. The molecule has 0 aliphatic carbocycles. The molecule has 2 unspecified atom stereocenters. The summed E-state index contributed by atoms with van der Waals surface area (Å²) in [6.07, 6.45) is 5.92. The van der Waals surface area contributed by atoms with Crippen LogP contribution in [0.15, 0.2) is 24.3 Å². The molecule has 2 atom stereocenters. The van der Waals surface area contributed by atoms with Crippen LogP contribution in [0.4, 0.5) is 0 Å². The Labute approximate surface area is 89.6 Å². The van der Waals surface area contributed by atoms with Gasteiger partial charge in [0.15, 0.2) is 0 Å². The summed E-state index contributed by atoms with van der Waals surface area (Å²) < 4.78 is 5.58. The molecule has 0 fully saturated rings. The number of rotatable bonds is 3. The van der Waals surface area contributed by atoms with Gasteiger partial charge < -0.3 is 4.74 Å². The van der Waals surface area contributed by atoms with Crippen LogP contribution >= 0.6 is 0 Å². The first-order valence-corrected chi connectivity index (χ1v) is 4.98. The van der Waals surface area contributed by atoms with Gasteiger partial charge in [-0.1, -0.05) is 18.2 Å². The number of hydrazine groups is 1. The van der Waals surface area contributed by atoms with Crippen LogP contribution in [0.3, 0.4) is 0 Å². The van der Waals surface area contributed by atoms with Crippen LogP contribution in [0, 0.1) is 12.3 Å². The summed E-state index contributed by atoms with van der Waals surface area (Å²) >= 11 is 0. The topological polar surface area (TPSA) is 47.3 Å². The molecule has 0 spiro atoms. The van der Waals surface area contributed by atoms with E-state index in [1.54, 1.807) is 0 Å². The Morgan fingerprint density at radius 3 is 3.13 bits per heavy atom. The third kappa shape index (κ3) is 1.82. The number of hydrogen-bond donors (Lipinski definition) is 2. The molecule has 3 heteroatoms. The summed E-state index contributed by atoms with van der Waals surface area (Å²) in [4.78, 5) is 0. The molecule has 0 saturated carbocycles. The van der Waals surface area contributed by atoms with Crippen LogP contribution in [0.2, 0.25) is 0 Å². The first-order valence-electron chi connectivity index (χ1n) is 4.98. The molecule has 1 heterocycles. The highest BCUT2D eigenvalue weighted by Crippen LogP contribution is 2.35. The lowest BCUT2D eigenvalue weighted by Gasteiger charge is -2.19. The quantitative estimate of drug-likeness (QED) is 0.437. The highest BCUT2D eigenvalue weighted by molar-refractivity contribution is 5.40. The molecule has 0 saturated heterocycles. The van der Waals surface area contributed by atoms with Crippen LogP contribution in [0.25, 0.3) is 0 Å². The van der Waals surface area contributed by atoms with Crippen molar-refractivity contribution in [2.24, 2.45) is 5.84 Å². The van der Waals surface area contributed by atoms with Crippen LogP contribution in [-0.2, 0) is 0 Å². The van der Waals surface area contributed by atoms with Crippen molar-refractivity contribution in [1.82, 2.24) is 5.43 Å². The number of terminal acetylenes is 1. The van der Waals surface area contributed by atoms with Crippen LogP contribution < -0.4 is 16.0 Å². The van der Waals surface area contributed by atoms with Crippen molar-refractivity contribution in [3.05, 3.63) is 29.8 Å². The van der Waals surface area contributed by atoms with Gasteiger partial charge in [0.2, 0.25) is 0 Å². The molecule has 0 aromatic heterocycles. The van der Waals surface area contributed by atoms with Gasteiger partial charge in [-0.3, -0.25) is 11.3 Å². The molecule has 1 aromatic carbocycles. The number of benzene rings is 1. The van der Waals surface area contributed by atoms with Crippen LogP contribution in [0.1, 0.15) is 17.9 Å². The maximum atomic E-state index is 5.58. The molecular formula is C12H14N2O. The first kappa shape index (κ1) is 10.0. The Balaban J connectivity index is 2.23. The predicted molar refractivity (Wildman–Crippen MR) is 59.2 cm³/mol. The Bertz CT molecular complexity index is 383. The van der Waals surface area contributed by atoms with E-state index in [2.05, 4.69) is 17.4 Å². The second-order valence-electron chi connectivity index (χ2n) is 3.64. The first-order chi connectivity index (χ1) is 7.36. The summed E-state index contributed by atoms with van der Waals surface area (Å²) in [7, 11) is 0. The zero-order valence-electron chi connectivity index (χ0n) is 8.44. The summed E-state index contributed by atoms with van der Waals surface area (Å²) in [6.45, 7) is 0.649. The summed E-state index contributed by atoms with van der Waals surface area (Å²) in [6, 6.07) is 8.09. The fourth-order valence-electron chi connectivity index (χ4n) is 1.96. The second-order valence-corrected chi connectivity index (χ2v) is 3.64. The minimum absolute atomic E-state index is 0.0821. The van der Waals surface area contributed by atoms with Crippen molar-refractivity contribution in [3.8, 4) is 18.1 Å². The lowest BCUT2D eigenvalue weighted by Crippen LogP contribution is -2.40. The molecule has 15 heavy (non-hydrogen) atoms. The maximum Gasteiger partial charge on any atom is 0.122 e. The number of hydrogen-bond acceptors (Lipinski definition) is 3. The third-order valence-electron chi connectivity index (χ3n) is 2.77. The van der Waals surface area contributed by atoms with Gasteiger partial charge >= 0.3 is 0 Å². The minimum atomic E-state index is 0.0821. The van der Waals surface area contributed by atoms with Gasteiger partial charge in [-0.15, -0.1) is 12.3 Å². The maximum absolute atomic E-state index is 5.58. The van der Waals surface area contributed by atoms with Gasteiger partial charge in [-0.2, -0.15) is 0 Å². The van der Waals surface area contributed by atoms with E-state index >= 15 is 0 Å². The number of para-hydroxylation sites is 1. The van der Waals surface area contributed by atoms with E-state index in [4.69, 9.17) is 17.0 Å². The summed E-state index contributed by atoms with van der Waals surface area (Å²) in [5.41, 5.74) is 3.95. The molecule has 78 valence electrons. The van der Waals surface area contributed by atoms with Gasteiger partial charge in [0, 0.05) is 23.9 Å². The van der Waals surface area contributed by atoms with Crippen LogP contribution in [0.5, 0.6) is 5.75 Å². The Morgan fingerprint density at radius 2 is 2.40 bits per heavy atom. The van der Waals surface area contributed by atoms with Crippen molar-refractivity contribution in [3.63, 3.8) is 0 Å². The standard InChI is InChI=1S/C12H14N2O/c1-2-5-11(14-13)10-8-15-12-7-4-3-6-9(10)12/h1,3-4,6-7,10-11,14H,5,8,13H2. The van der Waals surface area contributed by atoms with Crippen molar-refractivity contribution in [1.29, 1.82) is 0 Å². The van der Waals surface area contributed by atoms with E-state index in [1.165, 1.54) is 5.56 Å². The molecule has 3 N–H and O–H groups in total. The van der Waals surface area contributed by atoms with Crippen molar-refractivity contribution in [2.45, 2.75) is 18.4 Å². The molecule has 2 rings (SSSR count). The number of nitrogens with one attached hydrogen (secondary N) is 1. The predicted octanol–water partition coefficient (Wildman–Crippen LogP) is 1.02. The smallest absolute Gasteiger partial charge is 0.122 e. The van der Waals surface area contributed by atoms with E-state index in [1.807, 2.05) is 18.2 Å². The Morgan fingerprint density at radius 1 is 1.60 bits per heavy atom. The number of fused-ring (bicyclic) bond motifs is 1. The normalized spacial score (nSPS) is 20.1. The number of nitrogens with two attached hydrogens (primary N) is 1. The van der Waals surface area contributed by atoms with Crippen LogP contribution in [-0.4, -0.2) is 12.6 Å². The zero-order valence-corrected chi connectivity index (χ0v) is 8.44. The van der Waals surface area contributed by atoms with Gasteiger partial charge in [0.05, 0.1) is 6.61 Å². The van der Waals surface area contributed by atoms with Gasteiger partial charge in [-0.05, 0) is 6.07 Å². The SMILES string of the molecule is C#CCC(NN)C1COc2ccccc21. The van der Waals surface area contributed by atoms with Crippen molar-refractivity contribution in [2.75, 3.05) is 6.61 Å². The fourth-order valence-corrected chi connectivity index (χ4v) is 1.96. The Hall–Kier alpha value is -1.50. The molecule has 1 aliphatic rings. The highest BCUT2D eigenvalue weighted by atomic mass is 16.5. The molecule has 1 aliphatic heterocycles. The third-order valence-corrected chi connectivity index (χ3v) is 2.77. The fraction of sp³-hybridized carbons (Fsp3) is 0.333. The monoisotopic (exact) mass is 202 g/mol. The molecule has 0 bridgehead atoms. The lowest BCUT2D eigenvalue weighted by molar-refractivity contribution is 0.300. The van der Waals surface area contributed by atoms with E-state index in [-0.39, 0.29) is 12.0 Å². The minimum Gasteiger partial charge on any atom is -0.493 e. The van der Waals surface area contributed by atoms with Gasteiger partial charge in [0.1, 0.15) is 5.75 Å². The zero-order chi connectivity index (χ0) is 10.7. The second kappa shape index (κ2) is 4.35. The van der Waals surface area contributed by atoms with E-state index in [0.29, 0.717) is 13.0 Å². The average Bonchev–Trinajstić information content (AvgIpc) is 2.70. The molecule has 0 amide bonds. The van der Waals surface area contributed by atoms with E-state index < -0.39 is 0 Å². The molecule has 0 radical (unpaired) electrons. The van der Waals surface area contributed by atoms with Crippen molar-refractivity contribution >= 4 is 0 Å². The summed E-state index contributed by atoms with van der Waals surface area (Å²) in [5.74, 6) is 9.32. The lowest BCUT2D eigenvalue weighted by atomic mass is 9.92. The van der Waals surface area contributed by atoms with E-state index in [0.717, 1.165) is 5.75 Å². The molecule has 3 nitrogen and oxygen atoms in total. The van der Waals surface area contributed by atoms with Gasteiger partial charge in [0.25, 0.3) is 0 Å². The molecule has 1 aromatic rings. The van der Waals surface area contributed by atoms with E-state index in [9.17, 15) is 0 Å². The van der Waals surface area contributed by atoms with Gasteiger partial charge in [-0.25, -0.2) is 0 Å². The molecular weight excluding hydrogens is 188 g/mol. The largest absolute Gasteiger partial charge is 0.493 e. The average molecular weight is 202 g/mol.